The molecule has 2 nitrogen and oxygen atoms in total. The van der Waals surface area contributed by atoms with E-state index in [1.807, 2.05) is 0 Å². The second kappa shape index (κ2) is 6.95. The SMILES string of the molecule is Nc1ccc(Cl)cc1Cl.Nc1cccc(Cl)c1Cl. The normalized spacial score (nSPS) is 9.56. The Morgan fingerprint density at radius 3 is 1.83 bits per heavy atom. The van der Waals surface area contributed by atoms with Crippen molar-refractivity contribution < 1.29 is 0 Å². The zero-order valence-corrected chi connectivity index (χ0v) is 12.2. The van der Waals surface area contributed by atoms with Crippen molar-refractivity contribution in [2.45, 2.75) is 0 Å². The van der Waals surface area contributed by atoms with Gasteiger partial charge in [0, 0.05) is 5.02 Å². The van der Waals surface area contributed by atoms with Crippen LogP contribution in [0.1, 0.15) is 0 Å². The molecule has 0 aromatic heterocycles. The van der Waals surface area contributed by atoms with Crippen LogP contribution in [-0.4, -0.2) is 0 Å². The molecule has 18 heavy (non-hydrogen) atoms. The number of hydrogen-bond acceptors (Lipinski definition) is 2. The number of anilines is 2. The Kier molecular flexibility index (Phi) is 5.89. The van der Waals surface area contributed by atoms with Crippen LogP contribution in [0.25, 0.3) is 0 Å². The fourth-order valence-electron chi connectivity index (χ4n) is 1.02. The Hall–Kier alpha value is -0.800. The second-order valence-electron chi connectivity index (χ2n) is 3.31. The van der Waals surface area contributed by atoms with Crippen LogP contribution in [0, 0.1) is 0 Å². The van der Waals surface area contributed by atoms with Gasteiger partial charge in [0.2, 0.25) is 0 Å². The van der Waals surface area contributed by atoms with Crippen molar-refractivity contribution in [3.63, 3.8) is 0 Å². The highest BCUT2D eigenvalue weighted by Gasteiger charge is 1.97. The topological polar surface area (TPSA) is 52.0 Å². The highest BCUT2D eigenvalue weighted by Crippen LogP contribution is 2.26. The predicted molar refractivity (Wildman–Crippen MR) is 81.7 cm³/mol. The number of hydrogen-bond donors (Lipinski definition) is 2. The van der Waals surface area contributed by atoms with Gasteiger partial charge in [0.05, 0.1) is 26.4 Å². The van der Waals surface area contributed by atoms with Crippen LogP contribution in [0.2, 0.25) is 20.1 Å². The Morgan fingerprint density at radius 2 is 1.39 bits per heavy atom. The lowest BCUT2D eigenvalue weighted by Crippen LogP contribution is -1.84. The van der Waals surface area contributed by atoms with Crippen molar-refractivity contribution in [1.29, 1.82) is 0 Å². The quantitative estimate of drug-likeness (QED) is 0.658. The number of halogens is 4. The lowest BCUT2D eigenvalue weighted by atomic mass is 10.3. The summed E-state index contributed by atoms with van der Waals surface area (Å²) in [4.78, 5) is 0. The first-order chi connectivity index (χ1) is 8.41. The summed E-state index contributed by atoms with van der Waals surface area (Å²) in [5.41, 5.74) is 11.9. The van der Waals surface area contributed by atoms with E-state index in [0.29, 0.717) is 31.5 Å². The molecule has 0 amide bonds. The lowest BCUT2D eigenvalue weighted by Gasteiger charge is -1.96. The van der Waals surface area contributed by atoms with E-state index < -0.39 is 0 Å². The van der Waals surface area contributed by atoms with Crippen LogP contribution in [0.4, 0.5) is 11.4 Å². The third-order valence-corrected chi connectivity index (χ3v) is 3.34. The van der Waals surface area contributed by atoms with Gasteiger partial charge in [-0.3, -0.25) is 0 Å². The molecule has 0 atom stereocenters. The Bertz CT molecular complexity index is 523. The number of nitrogens with two attached hydrogens (primary N) is 2. The van der Waals surface area contributed by atoms with E-state index >= 15 is 0 Å². The fraction of sp³-hybridized carbons (Fsp3) is 0. The highest BCUT2D eigenvalue weighted by molar-refractivity contribution is 6.43. The van der Waals surface area contributed by atoms with Gasteiger partial charge in [-0.2, -0.15) is 0 Å². The van der Waals surface area contributed by atoms with Gasteiger partial charge in [-0.05, 0) is 30.3 Å². The summed E-state index contributed by atoms with van der Waals surface area (Å²) in [6.07, 6.45) is 0. The summed E-state index contributed by atoms with van der Waals surface area (Å²) in [5, 5.41) is 2.03. The largest absolute Gasteiger partial charge is 0.398 e. The van der Waals surface area contributed by atoms with Gasteiger partial charge in [-0.15, -0.1) is 0 Å². The van der Waals surface area contributed by atoms with Gasteiger partial charge in [0.15, 0.2) is 0 Å². The standard InChI is InChI=1S/2C6H5Cl2N/c7-4-1-2-6(9)5(8)3-4;7-4-2-1-3-5(9)6(4)8/h2*1-3H,9H2. The van der Waals surface area contributed by atoms with Crippen LogP contribution in [-0.2, 0) is 0 Å². The number of nitrogen functional groups attached to an aromatic ring is 2. The first kappa shape index (κ1) is 15.3. The second-order valence-corrected chi connectivity index (χ2v) is 4.94. The monoisotopic (exact) mass is 322 g/mol. The number of rotatable bonds is 0. The van der Waals surface area contributed by atoms with Gasteiger partial charge in [-0.1, -0.05) is 52.5 Å². The molecule has 96 valence electrons. The van der Waals surface area contributed by atoms with Crippen molar-refractivity contribution in [3.8, 4) is 0 Å². The summed E-state index contributed by atoms with van der Waals surface area (Å²) in [5.74, 6) is 0. The van der Waals surface area contributed by atoms with Gasteiger partial charge >= 0.3 is 0 Å². The molecule has 0 aliphatic carbocycles. The van der Waals surface area contributed by atoms with Crippen LogP contribution in [0.5, 0.6) is 0 Å². The molecule has 0 saturated carbocycles. The van der Waals surface area contributed by atoms with E-state index in [1.54, 1.807) is 36.4 Å². The Morgan fingerprint density at radius 1 is 0.722 bits per heavy atom. The van der Waals surface area contributed by atoms with Crippen molar-refractivity contribution in [2.24, 2.45) is 0 Å². The summed E-state index contributed by atoms with van der Waals surface area (Å²) in [7, 11) is 0. The van der Waals surface area contributed by atoms with E-state index in [4.69, 9.17) is 57.9 Å². The van der Waals surface area contributed by atoms with E-state index in [1.165, 1.54) is 0 Å². The van der Waals surface area contributed by atoms with Gasteiger partial charge in [0.25, 0.3) is 0 Å². The number of benzene rings is 2. The Balaban J connectivity index is 0.000000180. The van der Waals surface area contributed by atoms with Crippen LogP contribution >= 0.6 is 46.4 Å². The molecule has 6 heteroatoms. The summed E-state index contributed by atoms with van der Waals surface area (Å²) in [6.45, 7) is 0. The predicted octanol–water partition coefficient (Wildman–Crippen LogP) is 5.15. The van der Waals surface area contributed by atoms with Crippen molar-refractivity contribution in [3.05, 3.63) is 56.5 Å². The van der Waals surface area contributed by atoms with Crippen molar-refractivity contribution in [1.82, 2.24) is 0 Å². The summed E-state index contributed by atoms with van der Waals surface area (Å²) in [6, 6.07) is 10.1. The first-order valence-corrected chi connectivity index (χ1v) is 6.33. The molecule has 2 rings (SSSR count). The van der Waals surface area contributed by atoms with E-state index in [2.05, 4.69) is 0 Å². The molecule has 0 saturated heterocycles. The van der Waals surface area contributed by atoms with Crippen LogP contribution in [0.3, 0.4) is 0 Å². The minimum absolute atomic E-state index is 0.430. The molecule has 0 heterocycles. The zero-order valence-electron chi connectivity index (χ0n) is 9.13. The molecule has 0 unspecified atom stereocenters. The maximum Gasteiger partial charge on any atom is 0.0821 e. The van der Waals surface area contributed by atoms with E-state index in [0.717, 1.165) is 0 Å². The molecular weight excluding hydrogens is 314 g/mol. The van der Waals surface area contributed by atoms with Gasteiger partial charge in [0.1, 0.15) is 0 Å². The van der Waals surface area contributed by atoms with E-state index in [9.17, 15) is 0 Å². The molecule has 2 aromatic rings. The zero-order chi connectivity index (χ0) is 13.7. The molecule has 0 spiro atoms. The van der Waals surface area contributed by atoms with E-state index in [-0.39, 0.29) is 0 Å². The highest BCUT2D eigenvalue weighted by atomic mass is 35.5. The summed E-state index contributed by atoms with van der Waals surface area (Å²) >= 11 is 22.4. The molecule has 0 aliphatic heterocycles. The summed E-state index contributed by atoms with van der Waals surface area (Å²) < 4.78 is 0. The molecule has 0 bridgehead atoms. The van der Waals surface area contributed by atoms with Crippen LogP contribution < -0.4 is 11.5 Å². The van der Waals surface area contributed by atoms with Crippen molar-refractivity contribution in [2.75, 3.05) is 11.5 Å². The minimum atomic E-state index is 0.430. The van der Waals surface area contributed by atoms with Gasteiger partial charge in [-0.25, -0.2) is 0 Å². The Labute approximate surface area is 125 Å². The van der Waals surface area contributed by atoms with Gasteiger partial charge < -0.3 is 11.5 Å². The first-order valence-electron chi connectivity index (χ1n) is 4.82. The lowest BCUT2D eigenvalue weighted by molar-refractivity contribution is 1.68. The molecule has 4 N–H and O–H groups in total. The average Bonchev–Trinajstić information content (AvgIpc) is 2.32. The molecular formula is C12H10Cl4N2. The average molecular weight is 324 g/mol. The minimum Gasteiger partial charge on any atom is -0.398 e. The maximum atomic E-state index is 5.62. The molecule has 0 aliphatic rings. The smallest absolute Gasteiger partial charge is 0.0821 e. The fourth-order valence-corrected chi connectivity index (χ4v) is 1.74. The molecule has 2 aromatic carbocycles. The van der Waals surface area contributed by atoms with Crippen molar-refractivity contribution >= 4 is 57.8 Å². The third kappa shape index (κ3) is 4.46. The molecule has 0 radical (unpaired) electrons. The maximum absolute atomic E-state index is 5.62. The molecule has 0 fully saturated rings. The van der Waals surface area contributed by atoms with Crippen LogP contribution in [0.15, 0.2) is 36.4 Å². The third-order valence-electron chi connectivity index (χ3n) is 1.94.